The number of carbonyl (C=O) groups is 3. The number of benzene rings is 1. The molecule has 41 heavy (non-hydrogen) atoms. The first kappa shape index (κ1) is 28.4. The Morgan fingerprint density at radius 3 is 2.44 bits per heavy atom. The highest BCUT2D eigenvalue weighted by Crippen LogP contribution is 2.67. The lowest BCUT2D eigenvalue weighted by Gasteiger charge is -2.55. The number of ketones is 2. The second-order valence-electron chi connectivity index (χ2n) is 13.7. The van der Waals surface area contributed by atoms with Crippen LogP contribution in [0.5, 0.6) is 0 Å². The molecule has 1 aliphatic heterocycles. The first-order valence-electron chi connectivity index (χ1n) is 15.8. The molecule has 5 atom stereocenters. The Hall–Kier alpha value is -2.73. The zero-order valence-corrected chi connectivity index (χ0v) is 25.3. The molecule has 6 rings (SSSR count). The maximum Gasteiger partial charge on any atom is 0.303 e. The Morgan fingerprint density at radius 2 is 1.76 bits per heavy atom. The molecule has 6 heteroatoms. The van der Waals surface area contributed by atoms with Crippen molar-refractivity contribution in [3.63, 3.8) is 0 Å². The number of hydrogen-bond acceptors (Lipinski definition) is 6. The van der Waals surface area contributed by atoms with E-state index < -0.39 is 11.0 Å². The van der Waals surface area contributed by atoms with Gasteiger partial charge >= 0.3 is 5.97 Å². The highest BCUT2D eigenvalue weighted by molar-refractivity contribution is 5.93. The Morgan fingerprint density at radius 1 is 1.02 bits per heavy atom. The summed E-state index contributed by atoms with van der Waals surface area (Å²) in [6.45, 7) is 8.54. The highest BCUT2D eigenvalue weighted by atomic mass is 16.6. The molecule has 0 aromatic heterocycles. The number of ether oxygens (including phenoxy) is 1. The molecule has 1 aromatic carbocycles. The van der Waals surface area contributed by atoms with Crippen LogP contribution in [0.2, 0.25) is 0 Å². The summed E-state index contributed by atoms with van der Waals surface area (Å²) < 4.78 is 6.07. The first-order valence-corrected chi connectivity index (χ1v) is 15.8. The molecule has 2 saturated carbocycles. The molecule has 6 nitrogen and oxygen atoms in total. The van der Waals surface area contributed by atoms with Crippen LogP contribution in [-0.4, -0.2) is 49.8 Å². The number of esters is 1. The van der Waals surface area contributed by atoms with E-state index >= 15 is 0 Å². The number of allylic oxidation sites excluding steroid dienone is 4. The lowest BCUT2D eigenvalue weighted by Crippen LogP contribution is -2.57. The van der Waals surface area contributed by atoms with Gasteiger partial charge in [0.05, 0.1) is 0 Å². The fourth-order valence-corrected chi connectivity index (χ4v) is 9.53. The summed E-state index contributed by atoms with van der Waals surface area (Å²) in [5.74, 6) is 1.30. The molecule has 1 heterocycles. The van der Waals surface area contributed by atoms with E-state index in [4.69, 9.17) is 4.74 Å². The van der Waals surface area contributed by atoms with Crippen LogP contribution in [0, 0.1) is 23.2 Å². The van der Waals surface area contributed by atoms with Gasteiger partial charge in [-0.3, -0.25) is 14.4 Å². The van der Waals surface area contributed by atoms with Crippen molar-refractivity contribution in [1.29, 1.82) is 0 Å². The van der Waals surface area contributed by atoms with Crippen LogP contribution in [0.15, 0.2) is 47.1 Å². The molecule has 0 radical (unpaired) electrons. The largest absolute Gasteiger partial charge is 0.451 e. The van der Waals surface area contributed by atoms with Gasteiger partial charge in [0.1, 0.15) is 0 Å². The van der Waals surface area contributed by atoms with Gasteiger partial charge in [0.2, 0.25) is 0 Å². The Balaban J connectivity index is 1.39. The summed E-state index contributed by atoms with van der Waals surface area (Å²) in [5.41, 5.74) is 5.10. The van der Waals surface area contributed by atoms with E-state index in [1.54, 1.807) is 6.92 Å². The van der Waals surface area contributed by atoms with Gasteiger partial charge in [-0.1, -0.05) is 24.6 Å². The van der Waals surface area contributed by atoms with Crippen molar-refractivity contribution in [3.05, 3.63) is 52.6 Å². The molecule has 0 unspecified atom stereocenters. The number of nitrogens with zero attached hydrogens (tertiary/aromatic N) is 1. The molecular formula is C35H46N2O4. The fraction of sp³-hybridized carbons (Fsp3) is 0.629. The third-order valence-electron chi connectivity index (χ3n) is 11.5. The Labute approximate surface area is 245 Å². The number of anilines is 1. The van der Waals surface area contributed by atoms with Crippen LogP contribution in [0.4, 0.5) is 5.69 Å². The van der Waals surface area contributed by atoms with Gasteiger partial charge in [-0.05, 0) is 124 Å². The number of hydrogen-bond donors (Lipinski definition) is 1. The number of nitrogens with one attached hydrogen (secondary N) is 1. The average Bonchev–Trinajstić information content (AvgIpc) is 3.25. The normalized spacial score (nSPS) is 33.4. The minimum atomic E-state index is -1.08. The molecule has 0 bridgehead atoms. The van der Waals surface area contributed by atoms with Crippen molar-refractivity contribution in [2.45, 2.75) is 90.1 Å². The van der Waals surface area contributed by atoms with Crippen LogP contribution in [0.3, 0.4) is 0 Å². The van der Waals surface area contributed by atoms with E-state index in [2.05, 4.69) is 48.5 Å². The van der Waals surface area contributed by atoms with E-state index in [0.29, 0.717) is 24.7 Å². The van der Waals surface area contributed by atoms with Gasteiger partial charge in [-0.25, -0.2) is 0 Å². The molecule has 5 aliphatic rings. The monoisotopic (exact) mass is 558 g/mol. The lowest BCUT2D eigenvalue weighted by atomic mass is 9.50. The first-order chi connectivity index (χ1) is 19.6. The van der Waals surface area contributed by atoms with Crippen LogP contribution in [-0.2, 0) is 19.1 Å². The van der Waals surface area contributed by atoms with Gasteiger partial charge in [-0.2, -0.15) is 0 Å². The van der Waals surface area contributed by atoms with Gasteiger partial charge < -0.3 is 15.0 Å². The van der Waals surface area contributed by atoms with Crippen molar-refractivity contribution in [3.8, 4) is 0 Å². The number of fused-ring (bicyclic) bond motifs is 4. The van der Waals surface area contributed by atoms with E-state index in [9.17, 15) is 14.4 Å². The van der Waals surface area contributed by atoms with Gasteiger partial charge in [0.25, 0.3) is 0 Å². The summed E-state index contributed by atoms with van der Waals surface area (Å²) in [7, 11) is 2.19. The third-order valence-corrected chi connectivity index (χ3v) is 11.5. The quantitative estimate of drug-likeness (QED) is 0.438. The summed E-state index contributed by atoms with van der Waals surface area (Å²) in [5, 5.41) is 3.46. The summed E-state index contributed by atoms with van der Waals surface area (Å²) in [4.78, 5) is 40.5. The van der Waals surface area contributed by atoms with Crippen LogP contribution >= 0.6 is 0 Å². The second kappa shape index (κ2) is 10.8. The zero-order valence-electron chi connectivity index (χ0n) is 25.3. The van der Waals surface area contributed by atoms with E-state index in [1.807, 2.05) is 6.08 Å². The molecule has 3 fully saturated rings. The summed E-state index contributed by atoms with van der Waals surface area (Å²) in [6, 6.07) is 9.09. The summed E-state index contributed by atoms with van der Waals surface area (Å²) >= 11 is 0. The SMILES string of the molecule is CC(=O)O[C@]1(C(C)=O)CC[C@H]2[C@@H]3CCC4=CC(=O)CCC4=C3[C@@H](c3ccc(N(C)CC4CCNCC4)cc3)C[C@@]21C. The third kappa shape index (κ3) is 4.80. The van der Waals surface area contributed by atoms with E-state index in [-0.39, 0.29) is 29.4 Å². The minimum absolute atomic E-state index is 0.0258. The number of piperidine rings is 1. The number of carbonyl (C=O) groups excluding carboxylic acids is 3. The number of Topliss-reactive ketones (excluding diaryl/α,β-unsaturated/α-hetero) is 1. The summed E-state index contributed by atoms with van der Waals surface area (Å²) in [6.07, 6.45) is 9.89. The zero-order chi connectivity index (χ0) is 28.9. The van der Waals surface area contributed by atoms with Crippen LogP contribution in [0.25, 0.3) is 0 Å². The predicted octanol–water partition coefficient (Wildman–Crippen LogP) is 5.91. The maximum atomic E-state index is 13.4. The van der Waals surface area contributed by atoms with Gasteiger partial charge in [0.15, 0.2) is 17.2 Å². The maximum absolute atomic E-state index is 13.4. The van der Waals surface area contributed by atoms with E-state index in [0.717, 1.165) is 51.7 Å². The molecule has 0 amide bonds. The van der Waals surface area contributed by atoms with Gasteiger partial charge in [-0.15, -0.1) is 0 Å². The Kier molecular flexibility index (Phi) is 7.50. The van der Waals surface area contributed by atoms with Crippen LogP contribution < -0.4 is 10.2 Å². The second-order valence-corrected chi connectivity index (χ2v) is 13.7. The lowest BCUT2D eigenvalue weighted by molar-refractivity contribution is -0.182. The molecule has 1 N–H and O–H groups in total. The highest BCUT2D eigenvalue weighted by Gasteiger charge is 2.67. The van der Waals surface area contributed by atoms with Crippen LogP contribution in [0.1, 0.15) is 90.0 Å². The van der Waals surface area contributed by atoms with Crippen molar-refractivity contribution in [2.24, 2.45) is 23.2 Å². The molecule has 1 saturated heterocycles. The minimum Gasteiger partial charge on any atom is -0.451 e. The number of rotatable bonds is 6. The Bertz CT molecular complexity index is 1290. The van der Waals surface area contributed by atoms with Crippen molar-refractivity contribution in [2.75, 3.05) is 31.6 Å². The molecule has 0 spiro atoms. The van der Waals surface area contributed by atoms with Crippen molar-refractivity contribution in [1.82, 2.24) is 5.32 Å². The predicted molar refractivity (Wildman–Crippen MR) is 161 cm³/mol. The molecule has 220 valence electrons. The van der Waals surface area contributed by atoms with Crippen molar-refractivity contribution >= 4 is 23.2 Å². The van der Waals surface area contributed by atoms with E-state index in [1.165, 1.54) is 47.7 Å². The van der Waals surface area contributed by atoms with Gasteiger partial charge in [0, 0.05) is 44.0 Å². The molecule has 4 aliphatic carbocycles. The molecular weight excluding hydrogens is 512 g/mol. The smallest absolute Gasteiger partial charge is 0.303 e. The topological polar surface area (TPSA) is 75.7 Å². The van der Waals surface area contributed by atoms with Crippen molar-refractivity contribution < 1.29 is 19.1 Å². The fourth-order valence-electron chi connectivity index (χ4n) is 9.53. The molecule has 1 aromatic rings. The average molecular weight is 559 g/mol. The standard InChI is InChI=1S/C35H46N2O4/c1-22(38)35(41-23(2)39)16-13-32-30-11-7-26-19-28(40)10-12-29(26)33(30)31(20-34(32,35)3)25-5-8-27(9-6-25)37(4)21-24-14-17-36-18-15-24/h5-6,8-9,19,24,30-32,36H,7,10-18,20-21H2,1-4H3/t30-,31+,32-,34-,35-/m0/s1.